The molecule has 1 aromatic carbocycles. The van der Waals surface area contributed by atoms with Gasteiger partial charge in [-0.3, -0.25) is 0 Å². The summed E-state index contributed by atoms with van der Waals surface area (Å²) in [5, 5.41) is 0. The van der Waals surface area contributed by atoms with Gasteiger partial charge in [-0.05, 0) is 12.1 Å². The van der Waals surface area contributed by atoms with Crippen LogP contribution >= 0.6 is 0 Å². The van der Waals surface area contributed by atoms with Crippen molar-refractivity contribution < 1.29 is 21.8 Å². The Hall–Kier alpha value is -0.721. The van der Waals surface area contributed by atoms with Crippen molar-refractivity contribution in [2.45, 2.75) is 7.43 Å². The van der Waals surface area contributed by atoms with Gasteiger partial charge in [0.05, 0.1) is 0 Å². The molecular weight excluding hydrogens is 192 g/mol. The summed E-state index contributed by atoms with van der Waals surface area (Å²) in [4.78, 5) is 0. The topological polar surface area (TPSA) is 9.23 Å². The van der Waals surface area contributed by atoms with Gasteiger partial charge in [-0.25, -0.2) is 0 Å². The molecule has 0 aromatic heterocycles. The normalized spacial score (nSPS) is 11.7. The van der Waals surface area contributed by atoms with Crippen LogP contribution in [0.5, 0.6) is 5.75 Å². The number of ether oxygens (including phenoxy) is 1. The number of rotatable bonds is 0. The first kappa shape index (κ1) is 11.3. The second-order valence-corrected chi connectivity index (χ2v) is 2.25. The molecule has 2 rings (SSSR count). The van der Waals surface area contributed by atoms with Crippen molar-refractivity contribution in [1.82, 2.24) is 0 Å². The van der Waals surface area contributed by atoms with Crippen LogP contribution in [0.3, 0.4) is 0 Å². The molecule has 0 spiro atoms. The summed E-state index contributed by atoms with van der Waals surface area (Å²) in [5.74, 6) is 0.991. The monoisotopic (exact) mass is 204 g/mol. The van der Waals surface area contributed by atoms with E-state index < -0.39 is 0 Å². The Bertz CT molecular complexity index is 268. The van der Waals surface area contributed by atoms with Crippen molar-refractivity contribution in [3.8, 4) is 5.75 Å². The fourth-order valence-electron chi connectivity index (χ4n) is 1.06. The Labute approximate surface area is 83.9 Å². The largest absolute Gasteiger partial charge is 0.489 e. The molecule has 0 saturated carbocycles. The molecule has 12 heavy (non-hydrogen) atoms. The Morgan fingerprint density at radius 1 is 1.17 bits per heavy atom. The number of para-hydroxylation sites is 1. The number of benzene rings is 1. The van der Waals surface area contributed by atoms with Gasteiger partial charge < -0.3 is 4.74 Å². The van der Waals surface area contributed by atoms with E-state index in [9.17, 15) is 0 Å². The van der Waals surface area contributed by atoms with Crippen molar-refractivity contribution in [2.75, 3.05) is 6.61 Å². The average molecular weight is 204 g/mol. The first-order valence-corrected chi connectivity index (χ1v) is 3.35. The smallest absolute Gasteiger partial charge is 0.126 e. The van der Waals surface area contributed by atoms with E-state index in [-0.39, 0.29) is 24.5 Å². The van der Waals surface area contributed by atoms with Crippen LogP contribution in [0.2, 0.25) is 0 Å². The van der Waals surface area contributed by atoms with Crippen LogP contribution in [-0.4, -0.2) is 6.61 Å². The molecule has 1 nitrogen and oxygen atoms in total. The van der Waals surface area contributed by atoms with E-state index >= 15 is 0 Å². The van der Waals surface area contributed by atoms with Gasteiger partial charge in [0.1, 0.15) is 12.4 Å². The van der Waals surface area contributed by atoms with Crippen LogP contribution in [0.15, 0.2) is 30.3 Å². The molecule has 0 aliphatic carbocycles. The molecule has 1 aliphatic heterocycles. The first-order chi connectivity index (χ1) is 4.97. The summed E-state index contributed by atoms with van der Waals surface area (Å²) in [6.07, 6.45) is 4.10. The predicted octanol–water partition coefficient (Wildman–Crippen LogP) is 2.73. The van der Waals surface area contributed by atoms with E-state index in [0.717, 1.165) is 5.75 Å². The average Bonchev–Trinajstić information content (AvgIpc) is 2.05. The van der Waals surface area contributed by atoms with E-state index in [1.807, 2.05) is 30.3 Å². The molecule has 66 valence electrons. The third-order valence-corrected chi connectivity index (χ3v) is 1.55. The minimum atomic E-state index is 0. The second-order valence-electron chi connectivity index (χ2n) is 2.25. The van der Waals surface area contributed by atoms with Gasteiger partial charge in [-0.1, -0.05) is 31.7 Å². The Kier molecular flexibility index (Phi) is 4.72. The molecule has 0 radical (unpaired) electrons. The van der Waals surface area contributed by atoms with Gasteiger partial charge in [-0.15, -0.1) is 0 Å². The fourth-order valence-corrected chi connectivity index (χ4v) is 1.06. The molecule has 0 N–H and O–H groups in total. The fraction of sp³-hybridized carbons (Fsp3) is 0.200. The zero-order valence-corrected chi connectivity index (χ0v) is 7.04. The van der Waals surface area contributed by atoms with Gasteiger partial charge in [0, 0.05) is 22.6 Å². The SMILES string of the molecule is C.C1=Cc2ccccc2OC1.[Fe]. The minimum absolute atomic E-state index is 0. The number of hydrogen-bond donors (Lipinski definition) is 0. The summed E-state index contributed by atoms with van der Waals surface area (Å²) in [5.41, 5.74) is 1.17. The van der Waals surface area contributed by atoms with E-state index in [1.54, 1.807) is 0 Å². The van der Waals surface area contributed by atoms with Crippen molar-refractivity contribution >= 4 is 6.08 Å². The molecule has 0 fully saturated rings. The predicted molar refractivity (Wildman–Crippen MR) is 47.7 cm³/mol. The third kappa shape index (κ3) is 2.13. The summed E-state index contributed by atoms with van der Waals surface area (Å²) < 4.78 is 5.34. The van der Waals surface area contributed by atoms with Gasteiger partial charge in [0.25, 0.3) is 0 Å². The molecule has 1 aromatic rings. The van der Waals surface area contributed by atoms with Crippen LogP contribution in [-0.2, 0) is 17.1 Å². The first-order valence-electron chi connectivity index (χ1n) is 3.35. The quantitative estimate of drug-likeness (QED) is 0.590. The van der Waals surface area contributed by atoms with E-state index in [4.69, 9.17) is 4.74 Å². The summed E-state index contributed by atoms with van der Waals surface area (Å²) in [6.45, 7) is 0.705. The maximum absolute atomic E-state index is 5.34. The third-order valence-electron chi connectivity index (χ3n) is 1.55. The zero-order valence-electron chi connectivity index (χ0n) is 5.93. The molecule has 2 heteroatoms. The zero-order chi connectivity index (χ0) is 6.81. The molecule has 0 amide bonds. The van der Waals surface area contributed by atoms with Crippen molar-refractivity contribution in [2.24, 2.45) is 0 Å². The van der Waals surface area contributed by atoms with Gasteiger partial charge >= 0.3 is 0 Å². The molecule has 0 atom stereocenters. The van der Waals surface area contributed by atoms with E-state index in [2.05, 4.69) is 6.08 Å². The van der Waals surface area contributed by atoms with Crippen molar-refractivity contribution in [1.29, 1.82) is 0 Å². The Balaban J connectivity index is 0.000000605. The van der Waals surface area contributed by atoms with Gasteiger partial charge in [0.2, 0.25) is 0 Å². The Morgan fingerprint density at radius 2 is 1.92 bits per heavy atom. The molecule has 0 saturated heterocycles. The van der Waals surface area contributed by atoms with Gasteiger partial charge in [0.15, 0.2) is 0 Å². The van der Waals surface area contributed by atoms with Crippen LogP contribution in [0.1, 0.15) is 13.0 Å². The van der Waals surface area contributed by atoms with E-state index in [1.165, 1.54) is 5.56 Å². The van der Waals surface area contributed by atoms with Crippen molar-refractivity contribution in [3.05, 3.63) is 35.9 Å². The van der Waals surface area contributed by atoms with Crippen LogP contribution in [0.4, 0.5) is 0 Å². The van der Waals surface area contributed by atoms with Crippen LogP contribution in [0.25, 0.3) is 6.08 Å². The molecule has 1 aliphatic rings. The summed E-state index contributed by atoms with van der Waals surface area (Å²) in [6, 6.07) is 8.03. The van der Waals surface area contributed by atoms with Gasteiger partial charge in [-0.2, -0.15) is 0 Å². The summed E-state index contributed by atoms with van der Waals surface area (Å²) in [7, 11) is 0. The van der Waals surface area contributed by atoms with Crippen LogP contribution in [0, 0.1) is 0 Å². The van der Waals surface area contributed by atoms with Crippen LogP contribution < -0.4 is 4.74 Å². The minimum Gasteiger partial charge on any atom is -0.489 e. The Morgan fingerprint density at radius 3 is 2.67 bits per heavy atom. The maximum atomic E-state index is 5.34. The molecular formula is C10H12FeO. The molecule has 0 bridgehead atoms. The number of fused-ring (bicyclic) bond motifs is 1. The molecule has 1 heterocycles. The molecule has 0 unspecified atom stereocenters. The second kappa shape index (κ2) is 5.02. The van der Waals surface area contributed by atoms with Crippen molar-refractivity contribution in [3.63, 3.8) is 0 Å². The maximum Gasteiger partial charge on any atom is 0.126 e. The van der Waals surface area contributed by atoms with E-state index in [0.29, 0.717) is 6.61 Å². The standard InChI is InChI=1S/C9H8O.CH4.Fe/c1-2-6-9-8(4-1)5-3-7-10-9;;/h1-6H,7H2;1H4;. The summed E-state index contributed by atoms with van der Waals surface area (Å²) >= 11 is 0. The number of hydrogen-bond acceptors (Lipinski definition) is 1.